The molecule has 0 saturated carbocycles. The molecule has 4 rings (SSSR count). The largest absolute Gasteiger partial charge is 0.349 e. The van der Waals surface area contributed by atoms with Crippen molar-refractivity contribution in [3.8, 4) is 0 Å². The lowest BCUT2D eigenvalue weighted by molar-refractivity contribution is -0.123. The highest BCUT2D eigenvalue weighted by molar-refractivity contribution is 5.76. The molecule has 2 aromatic rings. The van der Waals surface area contributed by atoms with Crippen molar-refractivity contribution in [2.45, 2.75) is 63.1 Å². The SMILES string of the molecule is O=C(CC1CC2CCC(C1)N2)NC(CCc1ccccc1)c1ccccc1. The summed E-state index contributed by atoms with van der Waals surface area (Å²) in [5.74, 6) is 0.748. The maximum atomic E-state index is 12.8. The van der Waals surface area contributed by atoms with E-state index in [9.17, 15) is 4.79 Å². The third-order valence-electron chi connectivity index (χ3n) is 6.15. The van der Waals surface area contributed by atoms with Crippen LogP contribution in [0.5, 0.6) is 0 Å². The number of carbonyl (C=O) groups is 1. The Labute approximate surface area is 162 Å². The van der Waals surface area contributed by atoms with Gasteiger partial charge in [0, 0.05) is 18.5 Å². The van der Waals surface area contributed by atoms with Crippen LogP contribution in [0.3, 0.4) is 0 Å². The minimum atomic E-state index is 0.0809. The van der Waals surface area contributed by atoms with Gasteiger partial charge in [-0.15, -0.1) is 0 Å². The van der Waals surface area contributed by atoms with Crippen molar-refractivity contribution in [3.05, 3.63) is 71.8 Å². The molecule has 2 saturated heterocycles. The molecule has 3 atom stereocenters. The Morgan fingerprint density at radius 1 is 0.963 bits per heavy atom. The number of rotatable bonds is 7. The topological polar surface area (TPSA) is 41.1 Å². The first kappa shape index (κ1) is 18.2. The van der Waals surface area contributed by atoms with Gasteiger partial charge in [-0.2, -0.15) is 0 Å². The van der Waals surface area contributed by atoms with Gasteiger partial charge in [0.25, 0.3) is 0 Å². The van der Waals surface area contributed by atoms with E-state index >= 15 is 0 Å². The average Bonchev–Trinajstić information content (AvgIpc) is 3.04. The van der Waals surface area contributed by atoms with Gasteiger partial charge in [0.15, 0.2) is 0 Å². The fourth-order valence-electron chi connectivity index (χ4n) is 4.82. The number of amides is 1. The second-order valence-corrected chi connectivity index (χ2v) is 8.23. The Bertz CT molecular complexity index is 719. The quantitative estimate of drug-likeness (QED) is 0.767. The van der Waals surface area contributed by atoms with Crippen molar-refractivity contribution in [3.63, 3.8) is 0 Å². The van der Waals surface area contributed by atoms with Crippen LogP contribution in [0.2, 0.25) is 0 Å². The van der Waals surface area contributed by atoms with Gasteiger partial charge in [-0.1, -0.05) is 60.7 Å². The zero-order valence-corrected chi connectivity index (χ0v) is 15.9. The van der Waals surface area contributed by atoms with Crippen molar-refractivity contribution < 1.29 is 4.79 Å². The molecule has 3 heteroatoms. The molecular weight excluding hydrogens is 332 g/mol. The van der Waals surface area contributed by atoms with Crippen molar-refractivity contribution in [2.24, 2.45) is 5.92 Å². The van der Waals surface area contributed by atoms with Gasteiger partial charge >= 0.3 is 0 Å². The first-order chi connectivity index (χ1) is 13.3. The molecule has 2 aliphatic rings. The maximum absolute atomic E-state index is 12.8. The summed E-state index contributed by atoms with van der Waals surface area (Å²) in [5, 5.41) is 7.01. The molecule has 0 aromatic heterocycles. The zero-order chi connectivity index (χ0) is 18.5. The Kier molecular flexibility index (Phi) is 5.88. The van der Waals surface area contributed by atoms with Gasteiger partial charge in [0.2, 0.25) is 5.91 Å². The van der Waals surface area contributed by atoms with Crippen LogP contribution >= 0.6 is 0 Å². The van der Waals surface area contributed by atoms with Gasteiger partial charge in [0.05, 0.1) is 6.04 Å². The highest BCUT2D eigenvalue weighted by Gasteiger charge is 2.34. The van der Waals surface area contributed by atoms with Crippen LogP contribution in [-0.4, -0.2) is 18.0 Å². The van der Waals surface area contributed by atoms with Crippen molar-refractivity contribution in [1.29, 1.82) is 0 Å². The van der Waals surface area contributed by atoms with E-state index in [1.54, 1.807) is 0 Å². The lowest BCUT2D eigenvalue weighted by atomic mass is 9.89. The Balaban J connectivity index is 1.37. The number of fused-ring (bicyclic) bond motifs is 2. The van der Waals surface area contributed by atoms with Crippen LogP contribution < -0.4 is 10.6 Å². The number of hydrogen-bond acceptors (Lipinski definition) is 2. The molecule has 0 radical (unpaired) electrons. The minimum Gasteiger partial charge on any atom is -0.349 e. The van der Waals surface area contributed by atoms with Crippen molar-refractivity contribution in [1.82, 2.24) is 10.6 Å². The molecule has 27 heavy (non-hydrogen) atoms. The lowest BCUT2D eigenvalue weighted by Gasteiger charge is -2.29. The second kappa shape index (κ2) is 8.71. The number of carbonyl (C=O) groups excluding carboxylic acids is 1. The smallest absolute Gasteiger partial charge is 0.220 e. The summed E-state index contributed by atoms with van der Waals surface area (Å²) >= 11 is 0. The van der Waals surface area contributed by atoms with E-state index in [4.69, 9.17) is 0 Å². The fraction of sp³-hybridized carbons (Fsp3) is 0.458. The number of piperidine rings is 1. The molecule has 0 spiro atoms. The molecule has 142 valence electrons. The van der Waals surface area contributed by atoms with Crippen LogP contribution in [0.4, 0.5) is 0 Å². The average molecular weight is 363 g/mol. The summed E-state index contributed by atoms with van der Waals surface area (Å²) in [6.45, 7) is 0. The molecule has 2 N–H and O–H groups in total. The molecule has 2 aromatic carbocycles. The lowest BCUT2D eigenvalue weighted by Crippen LogP contribution is -2.40. The van der Waals surface area contributed by atoms with Crippen LogP contribution in [0.1, 0.15) is 55.7 Å². The van der Waals surface area contributed by atoms with Gasteiger partial charge in [-0.25, -0.2) is 0 Å². The van der Waals surface area contributed by atoms with E-state index in [2.05, 4.69) is 59.2 Å². The van der Waals surface area contributed by atoms with Gasteiger partial charge in [-0.05, 0) is 55.6 Å². The van der Waals surface area contributed by atoms with Gasteiger partial charge < -0.3 is 10.6 Å². The molecule has 2 fully saturated rings. The summed E-state index contributed by atoms with van der Waals surface area (Å²) < 4.78 is 0. The van der Waals surface area contributed by atoms with Crippen LogP contribution in [0, 0.1) is 5.92 Å². The van der Waals surface area contributed by atoms with E-state index in [1.807, 2.05) is 12.1 Å². The van der Waals surface area contributed by atoms with E-state index < -0.39 is 0 Å². The molecule has 1 amide bonds. The molecule has 2 aliphatic heterocycles. The van der Waals surface area contributed by atoms with Crippen LogP contribution in [0.15, 0.2) is 60.7 Å². The molecule has 2 heterocycles. The Morgan fingerprint density at radius 3 is 2.26 bits per heavy atom. The highest BCUT2D eigenvalue weighted by atomic mass is 16.1. The normalized spacial score (nSPS) is 25.1. The number of hydrogen-bond donors (Lipinski definition) is 2. The zero-order valence-electron chi connectivity index (χ0n) is 15.9. The monoisotopic (exact) mass is 362 g/mol. The summed E-state index contributed by atoms with van der Waals surface area (Å²) in [7, 11) is 0. The number of nitrogens with one attached hydrogen (secondary N) is 2. The molecular formula is C24H30N2O. The molecule has 3 unspecified atom stereocenters. The standard InChI is InChI=1S/C24H30N2O/c27-24(17-19-15-21-12-13-22(16-19)25-21)26-23(20-9-5-2-6-10-20)14-11-18-7-3-1-4-8-18/h1-10,19,21-23,25H,11-17H2,(H,26,27). The fourth-order valence-corrected chi connectivity index (χ4v) is 4.82. The van der Waals surface area contributed by atoms with Crippen molar-refractivity contribution in [2.75, 3.05) is 0 Å². The van der Waals surface area contributed by atoms with E-state index in [0.717, 1.165) is 25.7 Å². The summed E-state index contributed by atoms with van der Waals surface area (Å²) in [6, 6.07) is 22.3. The maximum Gasteiger partial charge on any atom is 0.220 e. The number of benzene rings is 2. The Hall–Kier alpha value is -2.13. The highest BCUT2D eigenvalue weighted by Crippen LogP contribution is 2.33. The summed E-state index contributed by atoms with van der Waals surface area (Å²) in [4.78, 5) is 12.8. The van der Waals surface area contributed by atoms with E-state index in [1.165, 1.54) is 24.0 Å². The van der Waals surface area contributed by atoms with E-state index in [0.29, 0.717) is 24.4 Å². The predicted octanol–water partition coefficient (Wildman–Crippen LogP) is 4.40. The summed E-state index contributed by atoms with van der Waals surface area (Å²) in [6.07, 6.45) is 7.45. The Morgan fingerprint density at radius 2 is 1.59 bits per heavy atom. The van der Waals surface area contributed by atoms with Gasteiger partial charge in [-0.3, -0.25) is 4.79 Å². The van der Waals surface area contributed by atoms with Gasteiger partial charge in [0.1, 0.15) is 0 Å². The summed E-state index contributed by atoms with van der Waals surface area (Å²) in [5.41, 5.74) is 2.52. The molecule has 3 nitrogen and oxygen atoms in total. The number of aryl methyl sites for hydroxylation is 1. The predicted molar refractivity (Wildman–Crippen MR) is 109 cm³/mol. The minimum absolute atomic E-state index is 0.0809. The second-order valence-electron chi connectivity index (χ2n) is 8.23. The first-order valence-electron chi connectivity index (χ1n) is 10.4. The third-order valence-corrected chi connectivity index (χ3v) is 6.15. The van der Waals surface area contributed by atoms with Crippen LogP contribution in [-0.2, 0) is 11.2 Å². The van der Waals surface area contributed by atoms with E-state index in [-0.39, 0.29) is 11.9 Å². The first-order valence-corrected chi connectivity index (χ1v) is 10.4. The van der Waals surface area contributed by atoms with Crippen LogP contribution in [0.25, 0.3) is 0 Å². The molecule has 0 aliphatic carbocycles. The van der Waals surface area contributed by atoms with Crippen molar-refractivity contribution >= 4 is 5.91 Å². The molecule has 2 bridgehead atoms. The third kappa shape index (κ3) is 4.98.